The molecule has 3 rings (SSSR count). The summed E-state index contributed by atoms with van der Waals surface area (Å²) >= 11 is 3.29. The lowest BCUT2D eigenvalue weighted by Crippen LogP contribution is -2.42. The van der Waals surface area contributed by atoms with Gasteiger partial charge in [-0.25, -0.2) is 4.79 Å². The van der Waals surface area contributed by atoms with Gasteiger partial charge < -0.3 is 15.5 Å². The highest BCUT2D eigenvalue weighted by atomic mass is 79.9. The van der Waals surface area contributed by atoms with E-state index >= 15 is 0 Å². The zero-order valence-electron chi connectivity index (χ0n) is 16.4. The molecule has 32 heavy (non-hydrogen) atoms. The van der Waals surface area contributed by atoms with Crippen LogP contribution in [0.2, 0.25) is 0 Å². The normalized spacial score (nSPS) is 12.2. The first-order valence-corrected chi connectivity index (χ1v) is 10.1. The van der Waals surface area contributed by atoms with Crippen LogP contribution in [0.3, 0.4) is 0 Å². The molecule has 0 saturated carbocycles. The molecule has 166 valence electrons. The molecule has 0 aromatic heterocycles. The third-order valence-corrected chi connectivity index (χ3v) is 5.27. The molecule has 5 nitrogen and oxygen atoms in total. The first-order valence-electron chi connectivity index (χ1n) is 9.33. The number of carbonyl (C=O) groups is 2. The summed E-state index contributed by atoms with van der Waals surface area (Å²) in [5.41, 5.74) is 0.474. The minimum atomic E-state index is -4.47. The van der Waals surface area contributed by atoms with E-state index in [1.54, 1.807) is 24.3 Å². The number of hydrogen-bond acceptors (Lipinski definition) is 3. The Morgan fingerprint density at radius 1 is 0.938 bits per heavy atom. The average Bonchev–Trinajstić information content (AvgIpc) is 2.74. The lowest BCUT2D eigenvalue weighted by atomic mass is 10.00. The third kappa shape index (κ3) is 5.67. The van der Waals surface area contributed by atoms with Crippen LogP contribution in [0.1, 0.15) is 21.5 Å². The number of rotatable bonds is 6. The van der Waals surface area contributed by atoms with Crippen molar-refractivity contribution in [3.63, 3.8) is 0 Å². The molecule has 0 bridgehead atoms. The Bertz CT molecular complexity index is 1130. The molecule has 0 heterocycles. The zero-order valence-corrected chi connectivity index (χ0v) is 17.9. The standard InChI is InChI=1S/C23H17BrF3NO4/c24-17-8-1-13(2-9-17)11-19(22(31)32)28-21(30)18-12-15(5-10-20(18)29)14-3-6-16(7-4-14)23(25,26)27/h1-10,12,19,29H,11H2,(H,28,30)(H,31,32)/t19-/m0/s1. The first-order chi connectivity index (χ1) is 15.0. The van der Waals surface area contributed by atoms with Gasteiger partial charge in [-0.1, -0.05) is 46.3 Å². The largest absolute Gasteiger partial charge is 0.507 e. The number of alkyl halides is 3. The van der Waals surface area contributed by atoms with Gasteiger partial charge in [-0.3, -0.25) is 4.79 Å². The predicted molar refractivity (Wildman–Crippen MR) is 115 cm³/mol. The van der Waals surface area contributed by atoms with Crippen molar-refractivity contribution in [2.45, 2.75) is 18.6 Å². The summed E-state index contributed by atoms with van der Waals surface area (Å²) in [5, 5.41) is 22.0. The molecule has 1 atom stereocenters. The molecule has 0 unspecified atom stereocenters. The van der Waals surface area contributed by atoms with E-state index in [1.165, 1.54) is 30.3 Å². The van der Waals surface area contributed by atoms with Crippen molar-refractivity contribution >= 4 is 27.8 Å². The van der Waals surface area contributed by atoms with Gasteiger partial charge in [0.15, 0.2) is 0 Å². The van der Waals surface area contributed by atoms with Crippen molar-refractivity contribution in [2.75, 3.05) is 0 Å². The van der Waals surface area contributed by atoms with Gasteiger partial charge in [0.05, 0.1) is 11.1 Å². The van der Waals surface area contributed by atoms with E-state index in [0.717, 1.165) is 16.6 Å². The molecule has 0 aliphatic rings. The second kappa shape index (κ2) is 9.44. The molecule has 0 aliphatic carbocycles. The van der Waals surface area contributed by atoms with Crippen molar-refractivity contribution < 1.29 is 33.0 Å². The fraction of sp³-hybridized carbons (Fsp3) is 0.130. The second-order valence-corrected chi connectivity index (χ2v) is 7.92. The monoisotopic (exact) mass is 507 g/mol. The third-order valence-electron chi connectivity index (χ3n) is 4.74. The molecule has 1 amide bonds. The maximum absolute atomic E-state index is 12.8. The summed E-state index contributed by atoms with van der Waals surface area (Å²) in [6.07, 6.45) is -4.45. The molecule has 0 spiro atoms. The van der Waals surface area contributed by atoms with Crippen LogP contribution in [0.25, 0.3) is 11.1 Å². The number of phenolic OH excluding ortho intramolecular Hbond substituents is 1. The molecule has 9 heteroatoms. The van der Waals surface area contributed by atoms with Gasteiger partial charge in [0, 0.05) is 10.9 Å². The second-order valence-electron chi connectivity index (χ2n) is 7.00. The number of benzene rings is 3. The van der Waals surface area contributed by atoms with Crippen molar-refractivity contribution in [1.29, 1.82) is 0 Å². The number of carboxylic acid groups (broad SMARTS) is 1. The number of halogens is 4. The number of aliphatic carboxylic acids is 1. The fourth-order valence-corrected chi connectivity index (χ4v) is 3.31. The zero-order chi connectivity index (χ0) is 23.5. The van der Waals surface area contributed by atoms with Crippen molar-refractivity contribution in [2.24, 2.45) is 0 Å². The predicted octanol–water partition coefficient (Wildman–Crippen LogP) is 5.27. The summed E-state index contributed by atoms with van der Waals surface area (Å²) in [7, 11) is 0. The minimum Gasteiger partial charge on any atom is -0.507 e. The van der Waals surface area contributed by atoms with Crippen LogP contribution in [0.15, 0.2) is 71.2 Å². The number of carboxylic acids is 1. The van der Waals surface area contributed by atoms with Gasteiger partial charge in [-0.15, -0.1) is 0 Å². The molecule has 0 saturated heterocycles. The molecule has 3 aromatic rings. The SMILES string of the molecule is O=C(N[C@@H](Cc1ccc(Br)cc1)C(=O)O)c1cc(-c2ccc(C(F)(F)F)cc2)ccc1O. The Balaban J connectivity index is 1.82. The van der Waals surface area contributed by atoms with Gasteiger partial charge in [0.1, 0.15) is 11.8 Å². The van der Waals surface area contributed by atoms with E-state index in [1.807, 2.05) is 0 Å². The summed E-state index contributed by atoms with van der Waals surface area (Å²) in [4.78, 5) is 24.3. The van der Waals surface area contributed by atoms with Crippen LogP contribution >= 0.6 is 15.9 Å². The maximum Gasteiger partial charge on any atom is 0.416 e. The summed E-state index contributed by atoms with van der Waals surface area (Å²) in [6, 6.07) is 14.0. The number of nitrogens with one attached hydrogen (secondary N) is 1. The van der Waals surface area contributed by atoms with Gasteiger partial charge in [-0.05, 0) is 53.1 Å². The minimum absolute atomic E-state index is 0.0215. The van der Waals surface area contributed by atoms with Crippen LogP contribution in [-0.2, 0) is 17.4 Å². The highest BCUT2D eigenvalue weighted by molar-refractivity contribution is 9.10. The number of aromatic hydroxyl groups is 1. The van der Waals surface area contributed by atoms with E-state index in [2.05, 4.69) is 21.2 Å². The van der Waals surface area contributed by atoms with Crippen LogP contribution in [0.4, 0.5) is 13.2 Å². The van der Waals surface area contributed by atoms with Crippen molar-refractivity contribution in [1.82, 2.24) is 5.32 Å². The van der Waals surface area contributed by atoms with Crippen molar-refractivity contribution in [3.05, 3.63) is 87.9 Å². The molecular formula is C23H17BrF3NO4. The number of amides is 1. The van der Waals surface area contributed by atoms with E-state index < -0.39 is 29.7 Å². The Morgan fingerprint density at radius 2 is 1.53 bits per heavy atom. The number of carbonyl (C=O) groups excluding carboxylic acids is 1. The van der Waals surface area contributed by atoms with Gasteiger partial charge in [0.25, 0.3) is 5.91 Å². The molecular weight excluding hydrogens is 491 g/mol. The smallest absolute Gasteiger partial charge is 0.416 e. The van der Waals surface area contributed by atoms with E-state index in [-0.39, 0.29) is 17.7 Å². The molecule has 0 radical (unpaired) electrons. The van der Waals surface area contributed by atoms with Gasteiger partial charge in [-0.2, -0.15) is 13.2 Å². The van der Waals surface area contributed by atoms with Gasteiger partial charge >= 0.3 is 12.1 Å². The Morgan fingerprint density at radius 3 is 2.09 bits per heavy atom. The van der Waals surface area contributed by atoms with Crippen LogP contribution in [-0.4, -0.2) is 28.1 Å². The van der Waals surface area contributed by atoms with Crippen molar-refractivity contribution in [3.8, 4) is 16.9 Å². The Hall–Kier alpha value is -3.33. The van der Waals surface area contributed by atoms with Crippen LogP contribution in [0.5, 0.6) is 5.75 Å². The highest BCUT2D eigenvalue weighted by Crippen LogP contribution is 2.32. The number of phenols is 1. The Kier molecular flexibility index (Phi) is 6.88. The maximum atomic E-state index is 12.8. The molecule has 3 aromatic carbocycles. The lowest BCUT2D eigenvalue weighted by molar-refractivity contribution is -0.139. The van der Waals surface area contributed by atoms with Gasteiger partial charge in [0.2, 0.25) is 0 Å². The summed E-state index contributed by atoms with van der Waals surface area (Å²) in [6.45, 7) is 0. The summed E-state index contributed by atoms with van der Waals surface area (Å²) < 4.78 is 39.1. The highest BCUT2D eigenvalue weighted by Gasteiger charge is 2.30. The Labute approximate surface area is 189 Å². The molecule has 0 fully saturated rings. The lowest BCUT2D eigenvalue weighted by Gasteiger charge is -2.16. The fourth-order valence-electron chi connectivity index (χ4n) is 3.04. The van der Waals surface area contributed by atoms with E-state index in [0.29, 0.717) is 16.7 Å². The first kappa shape index (κ1) is 23.3. The quantitative estimate of drug-likeness (QED) is 0.424. The molecule has 3 N–H and O–H groups in total. The topological polar surface area (TPSA) is 86.6 Å². The van der Waals surface area contributed by atoms with Crippen LogP contribution < -0.4 is 5.32 Å². The average molecular weight is 508 g/mol. The van der Waals surface area contributed by atoms with Crippen LogP contribution in [0, 0.1) is 0 Å². The molecule has 0 aliphatic heterocycles. The van der Waals surface area contributed by atoms with E-state index in [9.17, 15) is 33.0 Å². The number of hydrogen-bond donors (Lipinski definition) is 3. The van der Waals surface area contributed by atoms with E-state index in [4.69, 9.17) is 0 Å². The summed E-state index contributed by atoms with van der Waals surface area (Å²) in [5.74, 6) is -2.45.